The Bertz CT molecular complexity index is 327. The number of urea groups is 1. The van der Waals surface area contributed by atoms with Crippen molar-refractivity contribution in [1.29, 1.82) is 0 Å². The largest absolute Gasteiger partial charge is 0.335 e. The Labute approximate surface area is 109 Å². The molecule has 4 nitrogen and oxygen atoms in total. The molecule has 2 amide bonds. The van der Waals surface area contributed by atoms with Crippen LogP contribution in [0.2, 0.25) is 0 Å². The van der Waals surface area contributed by atoms with Crippen molar-refractivity contribution in [2.24, 2.45) is 11.7 Å². The van der Waals surface area contributed by atoms with E-state index in [4.69, 9.17) is 5.73 Å². The second-order valence-corrected chi connectivity index (χ2v) is 6.43. The Kier molecular flexibility index (Phi) is 3.22. The van der Waals surface area contributed by atoms with Crippen molar-refractivity contribution >= 4 is 6.03 Å². The van der Waals surface area contributed by atoms with Gasteiger partial charge < -0.3 is 16.0 Å². The Hall–Kier alpha value is -0.770. The van der Waals surface area contributed by atoms with Gasteiger partial charge in [0, 0.05) is 19.1 Å². The fourth-order valence-electron chi connectivity index (χ4n) is 4.23. The Balaban J connectivity index is 1.68. The Morgan fingerprint density at radius 2 is 2.06 bits per heavy atom. The lowest BCUT2D eigenvalue weighted by molar-refractivity contribution is 0.137. The molecule has 2 bridgehead atoms. The molecule has 0 radical (unpaired) electrons. The van der Waals surface area contributed by atoms with Crippen LogP contribution in [0.1, 0.15) is 51.4 Å². The molecule has 1 aliphatic heterocycles. The molecule has 1 saturated heterocycles. The summed E-state index contributed by atoms with van der Waals surface area (Å²) in [5.74, 6) is 0.691. The summed E-state index contributed by atoms with van der Waals surface area (Å²) >= 11 is 0. The molecule has 0 spiro atoms. The van der Waals surface area contributed by atoms with Crippen molar-refractivity contribution in [2.75, 3.05) is 13.1 Å². The average molecular weight is 251 g/mol. The zero-order valence-electron chi connectivity index (χ0n) is 11.2. The summed E-state index contributed by atoms with van der Waals surface area (Å²) in [4.78, 5) is 14.5. The monoisotopic (exact) mass is 251 g/mol. The topological polar surface area (TPSA) is 58.4 Å². The maximum absolute atomic E-state index is 12.5. The summed E-state index contributed by atoms with van der Waals surface area (Å²) in [5, 5.41) is 3.22. The third-order valence-corrected chi connectivity index (χ3v) is 5.24. The van der Waals surface area contributed by atoms with Crippen molar-refractivity contribution in [3.63, 3.8) is 0 Å². The Morgan fingerprint density at radius 3 is 2.78 bits per heavy atom. The van der Waals surface area contributed by atoms with E-state index in [-0.39, 0.29) is 11.6 Å². The molecule has 0 aromatic rings. The minimum Gasteiger partial charge on any atom is -0.335 e. The molecule has 3 rings (SSSR count). The predicted molar refractivity (Wildman–Crippen MR) is 71.2 cm³/mol. The summed E-state index contributed by atoms with van der Waals surface area (Å²) in [6.07, 6.45) is 9.55. The van der Waals surface area contributed by atoms with Gasteiger partial charge in [-0.3, -0.25) is 0 Å². The number of nitrogens with one attached hydrogen (secondary N) is 1. The minimum atomic E-state index is -0.0222. The lowest BCUT2D eigenvalue weighted by atomic mass is 9.80. The Morgan fingerprint density at radius 1 is 1.28 bits per heavy atom. The highest BCUT2D eigenvalue weighted by Gasteiger charge is 2.49. The summed E-state index contributed by atoms with van der Waals surface area (Å²) < 4.78 is 0. The van der Waals surface area contributed by atoms with Crippen molar-refractivity contribution < 1.29 is 4.79 Å². The fraction of sp³-hybridized carbons (Fsp3) is 0.929. The van der Waals surface area contributed by atoms with E-state index in [1.807, 2.05) is 0 Å². The summed E-state index contributed by atoms with van der Waals surface area (Å²) in [5.41, 5.74) is 5.97. The second kappa shape index (κ2) is 4.72. The van der Waals surface area contributed by atoms with Gasteiger partial charge in [-0.15, -0.1) is 0 Å². The highest BCUT2D eigenvalue weighted by atomic mass is 16.2. The normalized spacial score (nSPS) is 36.1. The maximum Gasteiger partial charge on any atom is 0.318 e. The third-order valence-electron chi connectivity index (χ3n) is 5.24. The molecule has 2 aliphatic carbocycles. The van der Waals surface area contributed by atoms with E-state index in [0.29, 0.717) is 18.5 Å². The van der Waals surface area contributed by atoms with Gasteiger partial charge in [0.05, 0.1) is 5.54 Å². The first kappa shape index (κ1) is 12.3. The second-order valence-electron chi connectivity index (χ2n) is 6.43. The van der Waals surface area contributed by atoms with E-state index >= 15 is 0 Å². The van der Waals surface area contributed by atoms with Crippen LogP contribution in [-0.4, -0.2) is 35.6 Å². The number of nitrogens with two attached hydrogens (primary N) is 1. The number of likely N-dealkylation sites (tertiary alicyclic amines) is 1. The minimum absolute atomic E-state index is 0.0222. The zero-order chi connectivity index (χ0) is 12.6. The number of hydrogen-bond donors (Lipinski definition) is 2. The molecule has 18 heavy (non-hydrogen) atoms. The van der Waals surface area contributed by atoms with E-state index in [1.165, 1.54) is 25.7 Å². The zero-order valence-corrected chi connectivity index (χ0v) is 11.2. The van der Waals surface area contributed by atoms with Crippen LogP contribution in [0.4, 0.5) is 4.79 Å². The smallest absolute Gasteiger partial charge is 0.318 e. The highest BCUT2D eigenvalue weighted by Crippen LogP contribution is 2.43. The van der Waals surface area contributed by atoms with Gasteiger partial charge in [0.1, 0.15) is 0 Å². The van der Waals surface area contributed by atoms with Crippen molar-refractivity contribution in [1.82, 2.24) is 10.2 Å². The van der Waals surface area contributed by atoms with E-state index in [9.17, 15) is 4.79 Å². The molecule has 2 saturated carbocycles. The molecule has 0 aromatic heterocycles. The first-order valence-electron chi connectivity index (χ1n) is 7.52. The van der Waals surface area contributed by atoms with Gasteiger partial charge in [-0.1, -0.05) is 19.3 Å². The van der Waals surface area contributed by atoms with Crippen LogP contribution in [0, 0.1) is 5.92 Å². The van der Waals surface area contributed by atoms with Gasteiger partial charge in [-0.2, -0.15) is 0 Å². The van der Waals surface area contributed by atoms with Crippen LogP contribution in [0.3, 0.4) is 0 Å². The highest BCUT2D eigenvalue weighted by molar-refractivity contribution is 5.76. The van der Waals surface area contributed by atoms with Crippen LogP contribution in [0.25, 0.3) is 0 Å². The molecule has 2 unspecified atom stereocenters. The number of carbonyl (C=O) groups is 1. The van der Waals surface area contributed by atoms with Crippen LogP contribution >= 0.6 is 0 Å². The number of rotatable bonds is 2. The number of nitrogens with zero attached hydrogens (tertiary/aromatic N) is 1. The summed E-state index contributed by atoms with van der Waals surface area (Å²) in [7, 11) is 0. The lowest BCUT2D eigenvalue weighted by Crippen LogP contribution is -2.56. The number of fused-ring (bicyclic) bond motifs is 2. The molecule has 3 aliphatic rings. The van der Waals surface area contributed by atoms with E-state index in [2.05, 4.69) is 10.2 Å². The molecule has 3 N–H and O–H groups in total. The quantitative estimate of drug-likeness (QED) is 0.787. The standard InChI is InChI=1S/C14H25N3O/c15-10-14-7-3-4-11(8-14)9-17(14)13(18)16-12-5-1-2-6-12/h11-12H,1-10,15H2,(H,16,18). The number of carbonyl (C=O) groups excluding carboxylic acids is 1. The third kappa shape index (κ3) is 2.00. The molecule has 3 fully saturated rings. The van der Waals surface area contributed by atoms with Crippen LogP contribution in [0.5, 0.6) is 0 Å². The van der Waals surface area contributed by atoms with Crippen LogP contribution < -0.4 is 11.1 Å². The summed E-state index contributed by atoms with van der Waals surface area (Å²) in [6.45, 7) is 1.55. The van der Waals surface area contributed by atoms with E-state index in [0.717, 1.165) is 32.2 Å². The molecule has 0 aromatic carbocycles. The van der Waals surface area contributed by atoms with Crippen molar-refractivity contribution in [3.05, 3.63) is 0 Å². The summed E-state index contributed by atoms with van der Waals surface area (Å²) in [6, 6.07) is 0.560. The molecule has 1 heterocycles. The van der Waals surface area contributed by atoms with E-state index < -0.39 is 0 Å². The predicted octanol–water partition coefficient (Wildman–Crippen LogP) is 1.84. The molecular formula is C14H25N3O. The molecular weight excluding hydrogens is 226 g/mol. The van der Waals surface area contributed by atoms with Crippen LogP contribution in [-0.2, 0) is 0 Å². The first-order chi connectivity index (χ1) is 8.73. The van der Waals surface area contributed by atoms with Crippen LogP contribution in [0.15, 0.2) is 0 Å². The first-order valence-corrected chi connectivity index (χ1v) is 7.52. The molecule has 2 atom stereocenters. The van der Waals surface area contributed by atoms with E-state index in [1.54, 1.807) is 0 Å². The number of amides is 2. The van der Waals surface area contributed by atoms with Gasteiger partial charge in [-0.05, 0) is 38.0 Å². The number of hydrogen-bond acceptors (Lipinski definition) is 2. The fourth-order valence-corrected chi connectivity index (χ4v) is 4.23. The van der Waals surface area contributed by atoms with Gasteiger partial charge in [0.25, 0.3) is 0 Å². The molecule has 4 heteroatoms. The van der Waals surface area contributed by atoms with Gasteiger partial charge in [0.15, 0.2) is 0 Å². The maximum atomic E-state index is 12.5. The lowest BCUT2D eigenvalue weighted by Gasteiger charge is -2.39. The molecule has 102 valence electrons. The average Bonchev–Trinajstić information content (AvgIpc) is 2.96. The SMILES string of the molecule is NCC12CCCC(CN1C(=O)NC1CCCC1)C2. The van der Waals surface area contributed by atoms with Gasteiger partial charge >= 0.3 is 6.03 Å². The van der Waals surface area contributed by atoms with Crippen molar-refractivity contribution in [2.45, 2.75) is 62.9 Å². The van der Waals surface area contributed by atoms with Gasteiger partial charge in [-0.25, -0.2) is 4.79 Å². The van der Waals surface area contributed by atoms with Crippen molar-refractivity contribution in [3.8, 4) is 0 Å². The van der Waals surface area contributed by atoms with Gasteiger partial charge in [0.2, 0.25) is 0 Å².